The first-order valence-electron chi connectivity index (χ1n) is 9.38. The predicted molar refractivity (Wildman–Crippen MR) is 99.4 cm³/mol. The average Bonchev–Trinajstić information content (AvgIpc) is 2.88. The van der Waals surface area contributed by atoms with Crippen molar-refractivity contribution in [3.8, 4) is 6.07 Å². The van der Waals surface area contributed by atoms with E-state index in [0.717, 1.165) is 57.8 Å². The van der Waals surface area contributed by atoms with E-state index < -0.39 is 0 Å². The van der Waals surface area contributed by atoms with Gasteiger partial charge in [-0.1, -0.05) is 0 Å². The third-order valence-electron chi connectivity index (χ3n) is 5.43. The minimum atomic E-state index is 0.200. The van der Waals surface area contributed by atoms with Crippen molar-refractivity contribution in [2.75, 3.05) is 50.7 Å². The topological polar surface area (TPSA) is 50.6 Å². The van der Waals surface area contributed by atoms with Gasteiger partial charge in [0.05, 0.1) is 11.6 Å². The molecule has 25 heavy (non-hydrogen) atoms. The molecule has 134 valence electrons. The Morgan fingerprint density at radius 3 is 2.64 bits per heavy atom. The lowest BCUT2D eigenvalue weighted by Crippen LogP contribution is -2.42. The van der Waals surface area contributed by atoms with E-state index in [4.69, 9.17) is 5.26 Å². The van der Waals surface area contributed by atoms with Gasteiger partial charge in [0.2, 0.25) is 5.91 Å². The highest BCUT2D eigenvalue weighted by Gasteiger charge is 2.24. The van der Waals surface area contributed by atoms with Gasteiger partial charge in [0.1, 0.15) is 0 Å². The highest BCUT2D eigenvalue weighted by molar-refractivity contribution is 5.73. The molecule has 5 heteroatoms. The van der Waals surface area contributed by atoms with Gasteiger partial charge in [0, 0.05) is 51.9 Å². The predicted octanol–water partition coefficient (Wildman–Crippen LogP) is 2.33. The van der Waals surface area contributed by atoms with Gasteiger partial charge in [-0.05, 0) is 56.0 Å². The molecule has 1 amide bonds. The SMILES string of the molecule is CC(=O)N1CCCN(C[C@@H]2CCCN(c3ccc(C#N)cc3)C2)CC1. The van der Waals surface area contributed by atoms with Crippen LogP contribution in [0.15, 0.2) is 24.3 Å². The number of amides is 1. The highest BCUT2D eigenvalue weighted by atomic mass is 16.2. The molecule has 2 saturated heterocycles. The number of nitrogens with zero attached hydrogens (tertiary/aromatic N) is 4. The number of rotatable bonds is 3. The number of hydrogen-bond donors (Lipinski definition) is 0. The van der Waals surface area contributed by atoms with Gasteiger partial charge in [-0.25, -0.2) is 0 Å². The Bertz CT molecular complexity index is 622. The molecule has 1 atom stereocenters. The van der Waals surface area contributed by atoms with E-state index in [1.807, 2.05) is 17.0 Å². The largest absolute Gasteiger partial charge is 0.371 e. The van der Waals surface area contributed by atoms with E-state index >= 15 is 0 Å². The monoisotopic (exact) mass is 340 g/mol. The van der Waals surface area contributed by atoms with Crippen LogP contribution in [0.1, 0.15) is 31.7 Å². The molecule has 2 heterocycles. The van der Waals surface area contributed by atoms with Crippen LogP contribution in [0.5, 0.6) is 0 Å². The first-order chi connectivity index (χ1) is 12.2. The molecule has 1 aromatic carbocycles. The number of hydrogen-bond acceptors (Lipinski definition) is 4. The van der Waals surface area contributed by atoms with Gasteiger partial charge in [-0.2, -0.15) is 5.26 Å². The fraction of sp³-hybridized carbons (Fsp3) is 0.600. The van der Waals surface area contributed by atoms with Crippen molar-refractivity contribution in [1.29, 1.82) is 5.26 Å². The minimum Gasteiger partial charge on any atom is -0.371 e. The fourth-order valence-electron chi connectivity index (χ4n) is 4.03. The molecule has 3 rings (SSSR count). The highest BCUT2D eigenvalue weighted by Crippen LogP contribution is 2.24. The Hall–Kier alpha value is -2.06. The van der Waals surface area contributed by atoms with E-state index in [9.17, 15) is 4.79 Å². The first kappa shape index (κ1) is 17.8. The lowest BCUT2D eigenvalue weighted by molar-refractivity contribution is -0.128. The van der Waals surface area contributed by atoms with Crippen LogP contribution in [-0.4, -0.2) is 61.5 Å². The Kier molecular flexibility index (Phi) is 5.93. The van der Waals surface area contributed by atoms with Gasteiger partial charge in [0.25, 0.3) is 0 Å². The van der Waals surface area contributed by atoms with Crippen molar-refractivity contribution in [2.24, 2.45) is 5.92 Å². The zero-order chi connectivity index (χ0) is 17.6. The third-order valence-corrected chi connectivity index (χ3v) is 5.43. The molecular weight excluding hydrogens is 312 g/mol. The maximum absolute atomic E-state index is 11.6. The molecule has 2 aliphatic rings. The van der Waals surface area contributed by atoms with Crippen molar-refractivity contribution in [2.45, 2.75) is 26.2 Å². The standard InChI is InChI=1S/C20H28N4O/c1-17(25)23-11-3-9-22(12-13-23)15-19-4-2-10-24(16-19)20-7-5-18(14-21)6-8-20/h5-8,19H,2-4,9-13,15-16H2,1H3/t19-/m0/s1. The van der Waals surface area contributed by atoms with E-state index in [1.165, 1.54) is 18.5 Å². The van der Waals surface area contributed by atoms with Gasteiger partial charge in [0.15, 0.2) is 0 Å². The van der Waals surface area contributed by atoms with Crippen LogP contribution in [0, 0.1) is 17.2 Å². The molecule has 1 aromatic rings. The van der Waals surface area contributed by atoms with Crippen molar-refractivity contribution < 1.29 is 4.79 Å². The lowest BCUT2D eigenvalue weighted by Gasteiger charge is -2.36. The van der Waals surface area contributed by atoms with E-state index in [0.29, 0.717) is 5.92 Å². The first-order valence-corrected chi connectivity index (χ1v) is 9.38. The van der Waals surface area contributed by atoms with Gasteiger partial charge < -0.3 is 14.7 Å². The number of carbonyl (C=O) groups excluding carboxylic acids is 1. The van der Waals surface area contributed by atoms with Gasteiger partial charge in [-0.15, -0.1) is 0 Å². The Balaban J connectivity index is 1.54. The summed E-state index contributed by atoms with van der Waals surface area (Å²) in [6, 6.07) is 10.1. The summed E-state index contributed by atoms with van der Waals surface area (Å²) in [5.41, 5.74) is 1.94. The summed E-state index contributed by atoms with van der Waals surface area (Å²) in [7, 11) is 0. The average molecular weight is 340 g/mol. The fourth-order valence-corrected chi connectivity index (χ4v) is 4.03. The molecule has 0 spiro atoms. The summed E-state index contributed by atoms with van der Waals surface area (Å²) in [6.07, 6.45) is 3.57. The Morgan fingerprint density at radius 2 is 1.92 bits per heavy atom. The molecule has 2 aliphatic heterocycles. The number of benzene rings is 1. The van der Waals surface area contributed by atoms with E-state index in [1.54, 1.807) is 6.92 Å². The molecule has 0 N–H and O–H groups in total. The number of carbonyl (C=O) groups is 1. The normalized spacial score (nSPS) is 22.3. The van der Waals surface area contributed by atoms with Crippen molar-refractivity contribution in [1.82, 2.24) is 9.80 Å². The molecule has 5 nitrogen and oxygen atoms in total. The maximum atomic E-state index is 11.6. The number of nitriles is 1. The molecule has 0 aliphatic carbocycles. The van der Waals surface area contributed by atoms with Crippen LogP contribution in [0.4, 0.5) is 5.69 Å². The summed E-state index contributed by atoms with van der Waals surface area (Å²) in [6.45, 7) is 8.82. The van der Waals surface area contributed by atoms with Crippen molar-refractivity contribution in [3.05, 3.63) is 29.8 Å². The number of piperidine rings is 1. The third kappa shape index (κ3) is 4.73. The second-order valence-corrected chi connectivity index (χ2v) is 7.27. The van der Waals surface area contributed by atoms with Gasteiger partial charge >= 0.3 is 0 Å². The minimum absolute atomic E-state index is 0.200. The Labute approximate surface area is 150 Å². The zero-order valence-electron chi connectivity index (χ0n) is 15.2. The molecule has 0 aromatic heterocycles. The van der Waals surface area contributed by atoms with Crippen molar-refractivity contribution in [3.63, 3.8) is 0 Å². The second kappa shape index (κ2) is 8.35. The molecular formula is C20H28N4O. The molecule has 0 unspecified atom stereocenters. The molecule has 0 radical (unpaired) electrons. The maximum Gasteiger partial charge on any atom is 0.219 e. The van der Waals surface area contributed by atoms with Crippen LogP contribution in [0.3, 0.4) is 0 Å². The number of anilines is 1. The van der Waals surface area contributed by atoms with Crippen LogP contribution < -0.4 is 4.90 Å². The van der Waals surface area contributed by atoms with Crippen LogP contribution in [0.25, 0.3) is 0 Å². The quantitative estimate of drug-likeness (QED) is 0.847. The smallest absolute Gasteiger partial charge is 0.219 e. The molecule has 0 bridgehead atoms. The Morgan fingerprint density at radius 1 is 1.12 bits per heavy atom. The summed E-state index contributed by atoms with van der Waals surface area (Å²) in [5, 5.41) is 8.95. The van der Waals surface area contributed by atoms with Crippen LogP contribution in [-0.2, 0) is 4.79 Å². The van der Waals surface area contributed by atoms with Crippen LogP contribution in [0.2, 0.25) is 0 Å². The second-order valence-electron chi connectivity index (χ2n) is 7.27. The summed E-state index contributed by atoms with van der Waals surface area (Å²) < 4.78 is 0. The van der Waals surface area contributed by atoms with E-state index in [2.05, 4.69) is 28.0 Å². The van der Waals surface area contributed by atoms with Crippen molar-refractivity contribution >= 4 is 11.6 Å². The molecule has 2 fully saturated rings. The van der Waals surface area contributed by atoms with E-state index in [-0.39, 0.29) is 5.91 Å². The summed E-state index contributed by atoms with van der Waals surface area (Å²) in [5.74, 6) is 0.875. The van der Waals surface area contributed by atoms with Crippen LogP contribution >= 0.6 is 0 Å². The zero-order valence-corrected chi connectivity index (χ0v) is 15.2. The summed E-state index contributed by atoms with van der Waals surface area (Å²) >= 11 is 0. The molecule has 0 saturated carbocycles. The lowest BCUT2D eigenvalue weighted by atomic mass is 9.96. The summed E-state index contributed by atoms with van der Waals surface area (Å²) in [4.78, 5) is 18.5. The van der Waals surface area contributed by atoms with Gasteiger partial charge in [-0.3, -0.25) is 4.79 Å².